The van der Waals surface area contributed by atoms with Crippen molar-refractivity contribution in [2.75, 3.05) is 13.2 Å². The third-order valence-electron chi connectivity index (χ3n) is 5.43. The van der Waals surface area contributed by atoms with Gasteiger partial charge in [-0.25, -0.2) is 0 Å². The topological polar surface area (TPSA) is 63.4 Å². The number of fused-ring (bicyclic) bond motifs is 2. The Morgan fingerprint density at radius 3 is 2.72 bits per heavy atom. The summed E-state index contributed by atoms with van der Waals surface area (Å²) in [6, 6.07) is 14.2. The monoisotopic (exact) mass is 392 g/mol. The second-order valence-corrected chi connectivity index (χ2v) is 7.91. The Hall–Kier alpha value is -2.95. The maximum Gasteiger partial charge on any atom is 0.220 e. The molecule has 0 radical (unpaired) electrons. The van der Waals surface area contributed by atoms with Crippen LogP contribution >= 0.6 is 0 Å². The molecule has 5 heteroatoms. The van der Waals surface area contributed by atoms with Gasteiger partial charge in [0.15, 0.2) is 11.5 Å². The van der Waals surface area contributed by atoms with Crippen LogP contribution in [0.2, 0.25) is 0 Å². The Bertz CT molecular complexity index is 993. The van der Waals surface area contributed by atoms with Crippen LogP contribution in [-0.2, 0) is 11.2 Å². The van der Waals surface area contributed by atoms with Gasteiger partial charge >= 0.3 is 0 Å². The van der Waals surface area contributed by atoms with Gasteiger partial charge in [0, 0.05) is 23.5 Å². The maximum atomic E-state index is 12.6. The van der Waals surface area contributed by atoms with E-state index in [2.05, 4.69) is 42.5 Å². The van der Waals surface area contributed by atoms with E-state index < -0.39 is 0 Å². The molecule has 0 saturated carbocycles. The number of ether oxygens (including phenoxy) is 2. The Balaban J connectivity index is 1.36. The van der Waals surface area contributed by atoms with Crippen LogP contribution < -0.4 is 14.8 Å². The van der Waals surface area contributed by atoms with Gasteiger partial charge in [0.1, 0.15) is 13.2 Å². The van der Waals surface area contributed by atoms with Gasteiger partial charge in [0.25, 0.3) is 0 Å². The highest BCUT2D eigenvalue weighted by molar-refractivity contribution is 5.83. The summed E-state index contributed by atoms with van der Waals surface area (Å²) < 4.78 is 11.3. The first-order valence-corrected chi connectivity index (χ1v) is 10.4. The van der Waals surface area contributed by atoms with Crippen molar-refractivity contribution < 1.29 is 14.3 Å². The Kier molecular flexibility index (Phi) is 5.74. The summed E-state index contributed by atoms with van der Waals surface area (Å²) in [4.78, 5) is 15.9. The van der Waals surface area contributed by atoms with Gasteiger partial charge in [0.2, 0.25) is 5.91 Å². The van der Waals surface area contributed by atoms with Gasteiger partial charge in [-0.3, -0.25) is 4.79 Å². The van der Waals surface area contributed by atoms with E-state index in [1.165, 1.54) is 10.9 Å². The number of amides is 1. The molecule has 0 fully saturated rings. The number of H-pyrrole nitrogens is 1. The predicted molar refractivity (Wildman–Crippen MR) is 114 cm³/mol. The first-order valence-electron chi connectivity index (χ1n) is 10.4. The number of hydrogen-bond donors (Lipinski definition) is 2. The minimum atomic E-state index is -0.0496. The summed E-state index contributed by atoms with van der Waals surface area (Å²) in [6.07, 6.45) is 4.26. The van der Waals surface area contributed by atoms with Crippen LogP contribution in [0.1, 0.15) is 43.9 Å². The molecule has 2 heterocycles. The van der Waals surface area contributed by atoms with E-state index in [0.717, 1.165) is 35.4 Å². The summed E-state index contributed by atoms with van der Waals surface area (Å²) in [7, 11) is 0. The van der Waals surface area contributed by atoms with Crippen LogP contribution in [0.3, 0.4) is 0 Å². The maximum absolute atomic E-state index is 12.6. The second-order valence-electron chi connectivity index (χ2n) is 7.91. The molecule has 1 aromatic heterocycles. The quantitative estimate of drug-likeness (QED) is 0.608. The number of carbonyl (C=O) groups is 1. The predicted octanol–water partition coefficient (Wildman–Crippen LogP) is 4.78. The lowest BCUT2D eigenvalue weighted by Gasteiger charge is -2.25. The molecule has 0 aliphatic carbocycles. The third-order valence-corrected chi connectivity index (χ3v) is 5.43. The normalized spacial score (nSPS) is 14.2. The van der Waals surface area contributed by atoms with Crippen LogP contribution in [0.4, 0.5) is 0 Å². The lowest BCUT2D eigenvalue weighted by molar-refractivity contribution is -0.122. The summed E-state index contributed by atoms with van der Waals surface area (Å²) in [5, 5.41) is 4.45. The van der Waals surface area contributed by atoms with E-state index in [0.29, 0.717) is 19.6 Å². The van der Waals surface area contributed by atoms with E-state index in [4.69, 9.17) is 9.47 Å². The fourth-order valence-corrected chi connectivity index (χ4v) is 3.91. The number of nitrogens with one attached hydrogen (secondary N) is 2. The zero-order valence-corrected chi connectivity index (χ0v) is 17.0. The highest BCUT2D eigenvalue weighted by Crippen LogP contribution is 2.34. The molecule has 1 aliphatic rings. The van der Waals surface area contributed by atoms with Gasteiger partial charge in [-0.1, -0.05) is 38.1 Å². The molecule has 0 spiro atoms. The first-order chi connectivity index (χ1) is 14.1. The van der Waals surface area contributed by atoms with Crippen molar-refractivity contribution in [2.24, 2.45) is 5.92 Å². The molecule has 1 atom stereocenters. The van der Waals surface area contributed by atoms with Gasteiger partial charge in [-0.15, -0.1) is 0 Å². The first kappa shape index (κ1) is 19.4. The van der Waals surface area contributed by atoms with Crippen molar-refractivity contribution in [3.8, 4) is 11.5 Å². The highest BCUT2D eigenvalue weighted by Gasteiger charge is 2.21. The summed E-state index contributed by atoms with van der Waals surface area (Å²) >= 11 is 0. The van der Waals surface area contributed by atoms with Crippen LogP contribution in [0, 0.1) is 5.92 Å². The minimum Gasteiger partial charge on any atom is -0.486 e. The second kappa shape index (κ2) is 8.60. The van der Waals surface area contributed by atoms with Crippen molar-refractivity contribution in [1.29, 1.82) is 0 Å². The zero-order chi connectivity index (χ0) is 20.2. The molecule has 0 bridgehead atoms. The third kappa shape index (κ3) is 4.39. The molecular formula is C24H28N2O3. The Morgan fingerprint density at radius 1 is 1.10 bits per heavy atom. The van der Waals surface area contributed by atoms with Gasteiger partial charge in [-0.2, -0.15) is 0 Å². The van der Waals surface area contributed by atoms with Crippen molar-refractivity contribution in [1.82, 2.24) is 10.3 Å². The van der Waals surface area contributed by atoms with Crippen molar-refractivity contribution in [3.63, 3.8) is 0 Å². The molecule has 1 aliphatic heterocycles. The molecule has 1 amide bonds. The van der Waals surface area contributed by atoms with Crippen molar-refractivity contribution >= 4 is 16.8 Å². The average molecular weight is 392 g/mol. The zero-order valence-electron chi connectivity index (χ0n) is 17.0. The number of aromatic nitrogens is 1. The molecule has 2 aromatic carbocycles. The standard InChI is InChI=1S/C24H28N2O3/c1-16(2)24(17-10-11-21-22(14-17)29-13-12-28-21)26-23(27)9-5-6-18-15-25-20-8-4-3-7-19(18)20/h3-4,7-8,10-11,14-16,24-25H,5-6,9,12-13H2,1-2H3,(H,26,27). The molecule has 152 valence electrons. The highest BCUT2D eigenvalue weighted by atomic mass is 16.6. The lowest BCUT2D eigenvalue weighted by atomic mass is 9.95. The average Bonchev–Trinajstić information content (AvgIpc) is 3.15. The molecule has 1 unspecified atom stereocenters. The molecule has 4 rings (SSSR count). The van der Waals surface area contributed by atoms with Crippen molar-refractivity contribution in [2.45, 2.75) is 39.2 Å². The van der Waals surface area contributed by atoms with E-state index in [-0.39, 0.29) is 17.9 Å². The van der Waals surface area contributed by atoms with Crippen LogP contribution in [-0.4, -0.2) is 24.1 Å². The van der Waals surface area contributed by atoms with E-state index in [9.17, 15) is 4.79 Å². The van der Waals surface area contributed by atoms with Crippen LogP contribution in [0.25, 0.3) is 10.9 Å². The summed E-state index contributed by atoms with van der Waals surface area (Å²) in [5.41, 5.74) is 3.46. The number of carbonyl (C=O) groups excluding carboxylic acids is 1. The summed E-state index contributed by atoms with van der Waals surface area (Å²) in [6.45, 7) is 5.37. The fourth-order valence-electron chi connectivity index (χ4n) is 3.91. The number of rotatable bonds is 7. The van der Waals surface area contributed by atoms with E-state index in [1.807, 2.05) is 30.3 Å². The van der Waals surface area contributed by atoms with Crippen LogP contribution in [0.5, 0.6) is 11.5 Å². The largest absolute Gasteiger partial charge is 0.486 e. The number of para-hydroxylation sites is 1. The Morgan fingerprint density at radius 2 is 1.90 bits per heavy atom. The lowest BCUT2D eigenvalue weighted by Crippen LogP contribution is -2.31. The summed E-state index contributed by atoms with van der Waals surface area (Å²) in [5.74, 6) is 1.88. The molecule has 5 nitrogen and oxygen atoms in total. The van der Waals surface area contributed by atoms with Crippen molar-refractivity contribution in [3.05, 3.63) is 59.8 Å². The van der Waals surface area contributed by atoms with Gasteiger partial charge in [0.05, 0.1) is 6.04 Å². The van der Waals surface area contributed by atoms with Gasteiger partial charge < -0.3 is 19.8 Å². The van der Waals surface area contributed by atoms with Gasteiger partial charge in [-0.05, 0) is 48.1 Å². The smallest absolute Gasteiger partial charge is 0.220 e. The number of aromatic amines is 1. The fraction of sp³-hybridized carbons (Fsp3) is 0.375. The number of aryl methyl sites for hydroxylation is 1. The number of benzene rings is 2. The number of hydrogen-bond acceptors (Lipinski definition) is 3. The molecule has 0 saturated heterocycles. The molecule has 29 heavy (non-hydrogen) atoms. The van der Waals surface area contributed by atoms with Crippen LogP contribution in [0.15, 0.2) is 48.7 Å². The molecule has 3 aromatic rings. The molecule has 2 N–H and O–H groups in total. The minimum absolute atomic E-state index is 0.0496. The van der Waals surface area contributed by atoms with E-state index >= 15 is 0 Å². The SMILES string of the molecule is CC(C)C(NC(=O)CCCc1c[nH]c2ccccc12)c1ccc2c(c1)OCCO2. The molecular weight excluding hydrogens is 364 g/mol. The Labute approximate surface area is 171 Å². The van der Waals surface area contributed by atoms with E-state index in [1.54, 1.807) is 0 Å².